The summed E-state index contributed by atoms with van der Waals surface area (Å²) in [6.07, 6.45) is 0. The highest BCUT2D eigenvalue weighted by atomic mass is 32.2. The lowest BCUT2D eigenvalue weighted by Gasteiger charge is -2.09. The van der Waals surface area contributed by atoms with Gasteiger partial charge in [0.2, 0.25) is 5.95 Å². The van der Waals surface area contributed by atoms with Crippen LogP contribution in [0.2, 0.25) is 0 Å². The maximum Gasteiger partial charge on any atom is 0.353 e. The summed E-state index contributed by atoms with van der Waals surface area (Å²) in [5.74, 6) is -1.50. The Balaban J connectivity index is 2.00. The third-order valence-corrected chi connectivity index (χ3v) is 5.37. The van der Waals surface area contributed by atoms with Crippen LogP contribution in [0.25, 0.3) is 10.9 Å². The van der Waals surface area contributed by atoms with E-state index in [-0.39, 0.29) is 11.3 Å². The average Bonchev–Trinajstić information content (AvgIpc) is 2.87. The van der Waals surface area contributed by atoms with Gasteiger partial charge in [0.25, 0.3) is 10.0 Å². The summed E-state index contributed by atoms with van der Waals surface area (Å²) in [6, 6.07) is 6.88. The molecule has 0 fully saturated rings. The number of hydrogen-bond donors (Lipinski definition) is 3. The standard InChI is InChI=1S/C17H17N5O5S/c1-9-8-10(2)19-16(18-9)20-17(25)21-28(26,27)14-11-6-4-5-7-12(11)22(3)13(14)15(23)24/h4-8H,1-3H3,(H,23,24)(H2,18,19,20,21,25). The third kappa shape index (κ3) is 3.51. The van der Waals surface area contributed by atoms with E-state index in [0.29, 0.717) is 16.9 Å². The number of carbonyl (C=O) groups is 2. The van der Waals surface area contributed by atoms with E-state index in [1.807, 2.05) is 4.72 Å². The van der Waals surface area contributed by atoms with Crippen LogP contribution in [0.15, 0.2) is 35.2 Å². The second-order valence-electron chi connectivity index (χ2n) is 6.09. The van der Waals surface area contributed by atoms with Crippen LogP contribution in [0, 0.1) is 13.8 Å². The smallest absolute Gasteiger partial charge is 0.353 e. The van der Waals surface area contributed by atoms with Crippen LogP contribution in [-0.2, 0) is 17.1 Å². The number of amides is 2. The number of para-hydroxylation sites is 1. The number of anilines is 1. The Kier molecular flexibility index (Phi) is 4.77. The number of benzene rings is 1. The molecule has 0 atom stereocenters. The summed E-state index contributed by atoms with van der Waals surface area (Å²) in [7, 11) is -3.06. The van der Waals surface area contributed by atoms with Crippen LogP contribution in [0.4, 0.5) is 10.7 Å². The molecule has 28 heavy (non-hydrogen) atoms. The fraction of sp³-hybridized carbons (Fsp3) is 0.176. The predicted octanol–water partition coefficient (Wildman–Crippen LogP) is 1.79. The molecule has 146 valence electrons. The highest BCUT2D eigenvalue weighted by Gasteiger charge is 2.31. The number of sulfonamides is 1. The SMILES string of the molecule is Cc1cc(C)nc(NC(=O)NS(=O)(=O)c2c(C(=O)O)n(C)c3ccccc23)n1. The van der Waals surface area contributed by atoms with Crippen molar-refractivity contribution < 1.29 is 23.1 Å². The lowest BCUT2D eigenvalue weighted by Crippen LogP contribution is -2.35. The first-order chi connectivity index (χ1) is 13.1. The molecule has 0 saturated carbocycles. The van der Waals surface area contributed by atoms with Gasteiger partial charge in [-0.3, -0.25) is 5.32 Å². The number of aromatic carboxylic acids is 1. The van der Waals surface area contributed by atoms with Crippen molar-refractivity contribution >= 4 is 38.9 Å². The number of hydrogen-bond acceptors (Lipinski definition) is 6. The van der Waals surface area contributed by atoms with E-state index in [9.17, 15) is 23.1 Å². The highest BCUT2D eigenvalue weighted by molar-refractivity contribution is 7.90. The van der Waals surface area contributed by atoms with E-state index in [0.717, 1.165) is 0 Å². The molecule has 3 aromatic rings. The average molecular weight is 403 g/mol. The van der Waals surface area contributed by atoms with Gasteiger partial charge in [0.15, 0.2) is 0 Å². The number of aromatic nitrogens is 3. The quantitative estimate of drug-likeness (QED) is 0.602. The molecular formula is C17H17N5O5S. The monoisotopic (exact) mass is 403 g/mol. The van der Waals surface area contributed by atoms with Crippen LogP contribution < -0.4 is 10.0 Å². The van der Waals surface area contributed by atoms with Gasteiger partial charge in [-0.05, 0) is 26.0 Å². The van der Waals surface area contributed by atoms with Crippen LogP contribution in [0.5, 0.6) is 0 Å². The topological polar surface area (TPSA) is 143 Å². The maximum atomic E-state index is 12.8. The molecule has 0 aliphatic carbocycles. The summed E-state index contributed by atoms with van der Waals surface area (Å²) < 4.78 is 28.7. The fourth-order valence-electron chi connectivity index (χ4n) is 2.95. The lowest BCUT2D eigenvalue weighted by atomic mass is 10.2. The van der Waals surface area contributed by atoms with E-state index in [1.54, 1.807) is 38.1 Å². The highest BCUT2D eigenvalue weighted by Crippen LogP contribution is 2.29. The summed E-state index contributed by atoms with van der Waals surface area (Å²) in [5.41, 5.74) is 1.13. The minimum Gasteiger partial charge on any atom is -0.477 e. The van der Waals surface area contributed by atoms with Crippen LogP contribution in [0.3, 0.4) is 0 Å². The van der Waals surface area contributed by atoms with Crippen molar-refractivity contribution in [1.82, 2.24) is 19.3 Å². The number of urea groups is 1. The van der Waals surface area contributed by atoms with Crippen molar-refractivity contribution in [3.63, 3.8) is 0 Å². The molecule has 2 aromatic heterocycles. The van der Waals surface area contributed by atoms with E-state index in [2.05, 4.69) is 15.3 Å². The zero-order valence-corrected chi connectivity index (χ0v) is 16.0. The van der Waals surface area contributed by atoms with Gasteiger partial charge in [0, 0.05) is 29.3 Å². The van der Waals surface area contributed by atoms with E-state index < -0.39 is 32.6 Å². The van der Waals surface area contributed by atoms with Gasteiger partial charge >= 0.3 is 12.0 Å². The van der Waals surface area contributed by atoms with Gasteiger partial charge in [0.05, 0.1) is 0 Å². The first kappa shape index (κ1) is 19.3. The second kappa shape index (κ2) is 6.93. The van der Waals surface area contributed by atoms with Crippen molar-refractivity contribution in [2.75, 3.05) is 5.32 Å². The van der Waals surface area contributed by atoms with Crippen LogP contribution in [0.1, 0.15) is 21.9 Å². The van der Waals surface area contributed by atoms with Crippen molar-refractivity contribution in [1.29, 1.82) is 0 Å². The predicted molar refractivity (Wildman–Crippen MR) is 101 cm³/mol. The van der Waals surface area contributed by atoms with Gasteiger partial charge < -0.3 is 9.67 Å². The van der Waals surface area contributed by atoms with Gasteiger partial charge in [-0.2, -0.15) is 0 Å². The fourth-order valence-corrected chi connectivity index (χ4v) is 4.29. The molecule has 0 bridgehead atoms. The number of fused-ring (bicyclic) bond motifs is 1. The van der Waals surface area contributed by atoms with Gasteiger partial charge in [-0.1, -0.05) is 18.2 Å². The Morgan fingerprint density at radius 1 is 1.11 bits per heavy atom. The molecule has 0 saturated heterocycles. The van der Waals surface area contributed by atoms with Gasteiger partial charge in [-0.15, -0.1) is 0 Å². The van der Waals surface area contributed by atoms with E-state index >= 15 is 0 Å². The Bertz CT molecular complexity index is 1200. The normalized spacial score (nSPS) is 11.4. The molecule has 0 aliphatic heterocycles. The Hall–Kier alpha value is -3.47. The number of carboxylic acids is 1. The molecule has 2 amide bonds. The van der Waals surface area contributed by atoms with Crippen molar-refractivity contribution in [2.24, 2.45) is 7.05 Å². The molecule has 0 aliphatic rings. The number of carboxylic acid groups (broad SMARTS) is 1. The molecule has 3 rings (SSSR count). The third-order valence-electron chi connectivity index (χ3n) is 3.97. The minimum atomic E-state index is -4.50. The van der Waals surface area contributed by atoms with Gasteiger partial charge in [0.1, 0.15) is 10.6 Å². The first-order valence-corrected chi connectivity index (χ1v) is 9.55. The number of nitrogens with zero attached hydrogens (tertiary/aromatic N) is 3. The van der Waals surface area contributed by atoms with E-state index in [4.69, 9.17) is 0 Å². The molecule has 1 aromatic carbocycles. The Morgan fingerprint density at radius 2 is 1.71 bits per heavy atom. The summed E-state index contributed by atoms with van der Waals surface area (Å²) in [5, 5.41) is 11.9. The maximum absolute atomic E-state index is 12.8. The van der Waals surface area contributed by atoms with Crippen molar-refractivity contribution in [3.8, 4) is 0 Å². The molecule has 3 N–H and O–H groups in total. The summed E-state index contributed by atoms with van der Waals surface area (Å²) in [6.45, 7) is 3.40. The minimum absolute atomic E-state index is 0.0680. The summed E-state index contributed by atoms with van der Waals surface area (Å²) in [4.78, 5) is 31.4. The molecule has 11 heteroatoms. The number of nitrogens with one attached hydrogen (secondary N) is 2. The van der Waals surface area contributed by atoms with Crippen LogP contribution in [-0.4, -0.2) is 40.1 Å². The zero-order valence-electron chi connectivity index (χ0n) is 15.2. The Morgan fingerprint density at radius 3 is 2.32 bits per heavy atom. The first-order valence-electron chi connectivity index (χ1n) is 8.07. The second-order valence-corrected chi connectivity index (χ2v) is 7.71. The lowest BCUT2D eigenvalue weighted by molar-refractivity contribution is 0.0682. The number of rotatable bonds is 4. The molecular weight excluding hydrogens is 386 g/mol. The van der Waals surface area contributed by atoms with Crippen LogP contribution >= 0.6 is 0 Å². The largest absolute Gasteiger partial charge is 0.477 e. The molecule has 10 nitrogen and oxygen atoms in total. The molecule has 0 unspecified atom stereocenters. The molecule has 0 spiro atoms. The number of aryl methyl sites for hydroxylation is 3. The summed E-state index contributed by atoms with van der Waals surface area (Å²) >= 11 is 0. The number of carbonyl (C=O) groups excluding carboxylic acids is 1. The molecule has 0 radical (unpaired) electrons. The Labute approximate surface area is 160 Å². The van der Waals surface area contributed by atoms with Gasteiger partial charge in [-0.25, -0.2) is 32.7 Å². The van der Waals surface area contributed by atoms with Crippen molar-refractivity contribution in [2.45, 2.75) is 18.7 Å². The van der Waals surface area contributed by atoms with Crippen molar-refractivity contribution in [3.05, 3.63) is 47.4 Å². The zero-order chi connectivity index (χ0) is 20.6. The molecule has 2 heterocycles. The van der Waals surface area contributed by atoms with E-state index in [1.165, 1.54) is 17.7 Å².